The number of nitrogens with zero attached hydrogens (tertiary/aromatic N) is 2. The summed E-state index contributed by atoms with van der Waals surface area (Å²) in [5, 5.41) is 8.03. The summed E-state index contributed by atoms with van der Waals surface area (Å²) in [5.41, 5.74) is 2.11. The first kappa shape index (κ1) is 13.5. The van der Waals surface area contributed by atoms with Crippen molar-refractivity contribution in [1.29, 1.82) is 0 Å². The maximum atomic E-state index is 5.75. The lowest BCUT2D eigenvalue weighted by Crippen LogP contribution is -2.43. The lowest BCUT2D eigenvalue weighted by atomic mass is 10.2. The molecule has 110 valence electrons. The van der Waals surface area contributed by atoms with Crippen LogP contribution in [0.2, 0.25) is 0 Å². The molecule has 0 aromatic heterocycles. The number of benzene rings is 2. The Hall–Kier alpha value is -2.18. The standard InChI is InChI=1S/C16H14N4S2/c21-15-17-13-14(18-15)20(12-9-5-2-6-10-12)16(22)19(13)11-7-3-1-4-8-11/h1-10,13-14H,(H2,17,18,21)/t13-,14+. The molecule has 4 rings (SSSR count). The first-order valence-corrected chi connectivity index (χ1v) is 7.87. The third-order valence-electron chi connectivity index (χ3n) is 3.89. The molecule has 6 heteroatoms. The van der Waals surface area contributed by atoms with E-state index in [4.69, 9.17) is 24.4 Å². The number of anilines is 2. The van der Waals surface area contributed by atoms with Crippen LogP contribution in [0, 0.1) is 0 Å². The normalized spacial score (nSPS) is 23.3. The van der Waals surface area contributed by atoms with Crippen LogP contribution in [0.1, 0.15) is 0 Å². The number of rotatable bonds is 2. The molecule has 2 aromatic carbocycles. The van der Waals surface area contributed by atoms with E-state index in [2.05, 4.69) is 44.7 Å². The van der Waals surface area contributed by atoms with Crippen molar-refractivity contribution in [2.24, 2.45) is 0 Å². The van der Waals surface area contributed by atoms with E-state index < -0.39 is 0 Å². The second-order valence-electron chi connectivity index (χ2n) is 5.20. The minimum atomic E-state index is -0.0115. The van der Waals surface area contributed by atoms with Gasteiger partial charge in [-0.15, -0.1) is 0 Å². The quantitative estimate of drug-likeness (QED) is 0.825. The van der Waals surface area contributed by atoms with E-state index in [1.807, 2.05) is 36.4 Å². The molecule has 0 aliphatic carbocycles. The Morgan fingerprint density at radius 3 is 1.50 bits per heavy atom. The number of hydrogen-bond donors (Lipinski definition) is 2. The molecule has 0 radical (unpaired) electrons. The largest absolute Gasteiger partial charge is 0.339 e. The summed E-state index contributed by atoms with van der Waals surface area (Å²) in [4.78, 5) is 4.22. The number of para-hydroxylation sites is 2. The van der Waals surface area contributed by atoms with Crippen molar-refractivity contribution in [2.75, 3.05) is 9.80 Å². The lowest BCUT2D eigenvalue weighted by molar-refractivity contribution is 0.579. The monoisotopic (exact) mass is 326 g/mol. The zero-order chi connectivity index (χ0) is 15.1. The Labute approximate surface area is 139 Å². The molecular formula is C16H14N4S2. The second kappa shape index (κ2) is 5.23. The first-order valence-electron chi connectivity index (χ1n) is 7.05. The number of nitrogens with one attached hydrogen (secondary N) is 2. The highest BCUT2D eigenvalue weighted by molar-refractivity contribution is 7.81. The molecule has 22 heavy (non-hydrogen) atoms. The molecule has 2 aromatic rings. The van der Waals surface area contributed by atoms with Crippen LogP contribution in [0.25, 0.3) is 0 Å². The Kier molecular flexibility index (Phi) is 3.20. The van der Waals surface area contributed by atoms with Crippen molar-refractivity contribution in [3.8, 4) is 0 Å². The van der Waals surface area contributed by atoms with Gasteiger partial charge in [-0.05, 0) is 48.7 Å². The third-order valence-corrected chi connectivity index (χ3v) is 4.52. The van der Waals surface area contributed by atoms with Gasteiger partial charge in [-0.3, -0.25) is 9.80 Å². The van der Waals surface area contributed by atoms with Gasteiger partial charge in [-0.25, -0.2) is 0 Å². The van der Waals surface area contributed by atoms with Crippen LogP contribution in [0.15, 0.2) is 60.7 Å². The van der Waals surface area contributed by atoms with Gasteiger partial charge in [0.15, 0.2) is 10.2 Å². The molecule has 2 fully saturated rings. The molecule has 0 bridgehead atoms. The average molecular weight is 326 g/mol. The Morgan fingerprint density at radius 1 is 0.682 bits per heavy atom. The Morgan fingerprint density at radius 2 is 1.09 bits per heavy atom. The molecular weight excluding hydrogens is 312 g/mol. The molecule has 2 atom stereocenters. The zero-order valence-corrected chi connectivity index (χ0v) is 13.3. The first-order chi connectivity index (χ1) is 10.8. The van der Waals surface area contributed by atoms with Gasteiger partial charge in [0.05, 0.1) is 0 Å². The SMILES string of the molecule is S=C1N[C@@H]2[C@H](N1)N(c1ccccc1)C(=S)N2c1ccccc1. The summed E-state index contributed by atoms with van der Waals surface area (Å²) < 4.78 is 0. The fraction of sp³-hybridized carbons (Fsp3) is 0.125. The van der Waals surface area contributed by atoms with Crippen LogP contribution >= 0.6 is 24.4 Å². The van der Waals surface area contributed by atoms with Crippen LogP contribution in [-0.4, -0.2) is 22.6 Å². The minimum Gasteiger partial charge on any atom is -0.339 e. The highest BCUT2D eigenvalue weighted by Crippen LogP contribution is 2.32. The van der Waals surface area contributed by atoms with Crippen molar-refractivity contribution in [2.45, 2.75) is 12.3 Å². The summed E-state index contributed by atoms with van der Waals surface area (Å²) in [6, 6.07) is 20.3. The highest BCUT2D eigenvalue weighted by Gasteiger charge is 2.48. The smallest absolute Gasteiger partial charge is 0.184 e. The van der Waals surface area contributed by atoms with Crippen LogP contribution < -0.4 is 20.4 Å². The third kappa shape index (κ3) is 2.03. The second-order valence-corrected chi connectivity index (χ2v) is 5.97. The van der Waals surface area contributed by atoms with E-state index in [-0.39, 0.29) is 12.3 Å². The van der Waals surface area contributed by atoms with E-state index in [1.165, 1.54) is 0 Å². The molecule has 2 N–H and O–H groups in total. The molecule has 2 aliphatic heterocycles. The van der Waals surface area contributed by atoms with Crippen LogP contribution in [0.3, 0.4) is 0 Å². The number of thiocarbonyl (C=S) groups is 2. The summed E-state index contributed by atoms with van der Waals surface area (Å²) >= 11 is 11.0. The van der Waals surface area contributed by atoms with Crippen molar-refractivity contribution in [3.05, 3.63) is 60.7 Å². The van der Waals surface area contributed by atoms with Crippen molar-refractivity contribution >= 4 is 46.0 Å². The van der Waals surface area contributed by atoms with E-state index in [1.54, 1.807) is 0 Å². The summed E-state index contributed by atoms with van der Waals surface area (Å²) in [6.07, 6.45) is -0.0230. The predicted molar refractivity (Wildman–Crippen MR) is 96.9 cm³/mol. The molecule has 4 nitrogen and oxygen atoms in total. The van der Waals surface area contributed by atoms with Crippen molar-refractivity contribution in [1.82, 2.24) is 10.6 Å². The van der Waals surface area contributed by atoms with E-state index in [0.29, 0.717) is 5.11 Å². The maximum Gasteiger partial charge on any atom is 0.184 e. The molecule has 0 saturated carbocycles. The fourth-order valence-electron chi connectivity index (χ4n) is 2.95. The predicted octanol–water partition coefficient (Wildman–Crippen LogP) is 2.43. The molecule has 0 unspecified atom stereocenters. The molecule has 0 amide bonds. The van der Waals surface area contributed by atoms with Crippen LogP contribution in [-0.2, 0) is 0 Å². The van der Waals surface area contributed by atoms with Gasteiger partial charge in [0.2, 0.25) is 0 Å². The molecule has 2 heterocycles. The lowest BCUT2D eigenvalue weighted by Gasteiger charge is -2.25. The average Bonchev–Trinajstić information content (AvgIpc) is 3.02. The summed E-state index contributed by atoms with van der Waals surface area (Å²) in [7, 11) is 0. The van der Waals surface area contributed by atoms with Gasteiger partial charge in [0.25, 0.3) is 0 Å². The van der Waals surface area contributed by atoms with Gasteiger partial charge in [-0.1, -0.05) is 36.4 Å². The maximum absolute atomic E-state index is 5.75. The Bertz CT molecular complexity index is 660. The summed E-state index contributed by atoms with van der Waals surface area (Å²) in [5.74, 6) is 0. The zero-order valence-electron chi connectivity index (χ0n) is 11.6. The summed E-state index contributed by atoms with van der Waals surface area (Å²) in [6.45, 7) is 0. The minimum absolute atomic E-state index is 0.0115. The number of hydrogen-bond acceptors (Lipinski definition) is 2. The topological polar surface area (TPSA) is 30.5 Å². The van der Waals surface area contributed by atoms with E-state index >= 15 is 0 Å². The van der Waals surface area contributed by atoms with Gasteiger partial charge >= 0.3 is 0 Å². The number of fused-ring (bicyclic) bond motifs is 1. The Balaban J connectivity index is 1.78. The van der Waals surface area contributed by atoms with E-state index in [9.17, 15) is 0 Å². The highest BCUT2D eigenvalue weighted by atomic mass is 32.1. The van der Waals surface area contributed by atoms with Crippen molar-refractivity contribution < 1.29 is 0 Å². The van der Waals surface area contributed by atoms with Crippen LogP contribution in [0.5, 0.6) is 0 Å². The van der Waals surface area contributed by atoms with Gasteiger partial charge < -0.3 is 10.6 Å². The molecule has 2 aliphatic rings. The molecule has 0 spiro atoms. The van der Waals surface area contributed by atoms with E-state index in [0.717, 1.165) is 16.5 Å². The van der Waals surface area contributed by atoms with Crippen molar-refractivity contribution in [3.63, 3.8) is 0 Å². The molecule has 2 saturated heterocycles. The van der Waals surface area contributed by atoms with Gasteiger partial charge in [0, 0.05) is 11.4 Å². The van der Waals surface area contributed by atoms with Gasteiger partial charge in [0.1, 0.15) is 12.3 Å². The van der Waals surface area contributed by atoms with Crippen LogP contribution in [0.4, 0.5) is 11.4 Å². The fourth-order valence-corrected chi connectivity index (χ4v) is 3.63. The van der Waals surface area contributed by atoms with Gasteiger partial charge in [-0.2, -0.15) is 0 Å².